The summed E-state index contributed by atoms with van der Waals surface area (Å²) in [7, 11) is 0. The molecular formula is C22H25FN2O2. The Morgan fingerprint density at radius 3 is 2.33 bits per heavy atom. The fraction of sp³-hybridized carbons (Fsp3) is 0.364. The van der Waals surface area contributed by atoms with E-state index in [0.29, 0.717) is 32.5 Å². The van der Waals surface area contributed by atoms with Crippen molar-refractivity contribution in [1.82, 2.24) is 4.90 Å². The molecule has 1 aliphatic rings. The number of piperidine rings is 1. The second kappa shape index (κ2) is 8.33. The van der Waals surface area contributed by atoms with Crippen molar-refractivity contribution in [3.8, 4) is 0 Å². The smallest absolute Gasteiger partial charge is 0.256 e. The number of likely N-dealkylation sites (tertiary alicyclic amines) is 1. The normalized spacial score (nSPS) is 14.9. The first-order valence-corrected chi connectivity index (χ1v) is 9.43. The van der Waals surface area contributed by atoms with Crippen molar-refractivity contribution in [3.05, 3.63) is 65.5 Å². The van der Waals surface area contributed by atoms with E-state index in [1.807, 2.05) is 43.0 Å². The number of hydrogen-bond acceptors (Lipinski definition) is 2. The average molecular weight is 368 g/mol. The Morgan fingerprint density at radius 2 is 1.70 bits per heavy atom. The van der Waals surface area contributed by atoms with Crippen LogP contribution >= 0.6 is 0 Å². The summed E-state index contributed by atoms with van der Waals surface area (Å²) in [6.45, 7) is 5.52. The van der Waals surface area contributed by atoms with E-state index in [1.54, 1.807) is 17.0 Å². The molecule has 0 saturated carbocycles. The number of amides is 2. The van der Waals surface area contributed by atoms with E-state index in [4.69, 9.17) is 0 Å². The van der Waals surface area contributed by atoms with Gasteiger partial charge in [0.1, 0.15) is 5.82 Å². The van der Waals surface area contributed by atoms with Crippen molar-refractivity contribution in [2.45, 2.75) is 26.7 Å². The minimum absolute atomic E-state index is 0.0948. The van der Waals surface area contributed by atoms with E-state index in [1.165, 1.54) is 12.1 Å². The molecule has 3 rings (SSSR count). The summed E-state index contributed by atoms with van der Waals surface area (Å²) in [5.41, 5.74) is 2.10. The third-order valence-electron chi connectivity index (χ3n) is 5.22. The summed E-state index contributed by atoms with van der Waals surface area (Å²) in [6, 6.07) is 13.9. The van der Waals surface area contributed by atoms with Gasteiger partial charge in [0.2, 0.25) is 5.91 Å². The van der Waals surface area contributed by atoms with E-state index in [2.05, 4.69) is 0 Å². The van der Waals surface area contributed by atoms with Crippen LogP contribution in [0.4, 0.5) is 10.1 Å². The maximum Gasteiger partial charge on any atom is 0.256 e. The first-order chi connectivity index (χ1) is 13.0. The number of anilines is 1. The molecule has 27 heavy (non-hydrogen) atoms. The Kier molecular flexibility index (Phi) is 5.89. The maximum absolute atomic E-state index is 13.9. The molecule has 0 spiro atoms. The highest BCUT2D eigenvalue weighted by Gasteiger charge is 2.31. The third kappa shape index (κ3) is 4.02. The zero-order valence-electron chi connectivity index (χ0n) is 15.8. The first-order valence-electron chi connectivity index (χ1n) is 9.43. The van der Waals surface area contributed by atoms with E-state index in [-0.39, 0.29) is 23.3 Å². The van der Waals surface area contributed by atoms with Crippen LogP contribution in [0.25, 0.3) is 0 Å². The van der Waals surface area contributed by atoms with E-state index >= 15 is 0 Å². The Balaban J connectivity index is 1.66. The number of aryl methyl sites for hydroxylation is 1. The molecule has 142 valence electrons. The lowest BCUT2D eigenvalue weighted by Gasteiger charge is -2.34. The molecule has 0 aliphatic carbocycles. The van der Waals surface area contributed by atoms with Crippen molar-refractivity contribution in [3.63, 3.8) is 0 Å². The van der Waals surface area contributed by atoms with Gasteiger partial charge in [-0.1, -0.05) is 30.3 Å². The highest BCUT2D eigenvalue weighted by Crippen LogP contribution is 2.26. The lowest BCUT2D eigenvalue weighted by atomic mass is 9.94. The second-order valence-electron chi connectivity index (χ2n) is 6.92. The molecule has 5 heteroatoms. The molecule has 0 bridgehead atoms. The molecule has 2 aromatic rings. The molecule has 0 N–H and O–H groups in total. The fourth-order valence-electron chi connectivity index (χ4n) is 3.67. The van der Waals surface area contributed by atoms with Gasteiger partial charge < -0.3 is 9.80 Å². The number of rotatable bonds is 4. The van der Waals surface area contributed by atoms with Crippen molar-refractivity contribution in [1.29, 1.82) is 0 Å². The summed E-state index contributed by atoms with van der Waals surface area (Å²) < 4.78 is 13.9. The van der Waals surface area contributed by atoms with E-state index < -0.39 is 5.82 Å². The Labute approximate surface area is 159 Å². The Hall–Kier alpha value is -2.69. The molecule has 2 aromatic carbocycles. The summed E-state index contributed by atoms with van der Waals surface area (Å²) in [6.07, 6.45) is 1.20. The number of nitrogens with zero attached hydrogens (tertiary/aromatic N) is 2. The van der Waals surface area contributed by atoms with Crippen LogP contribution in [-0.4, -0.2) is 36.3 Å². The first kappa shape index (κ1) is 19.1. The molecule has 0 unspecified atom stereocenters. The van der Waals surface area contributed by atoms with Crippen LogP contribution < -0.4 is 4.90 Å². The number of carbonyl (C=O) groups is 2. The number of para-hydroxylation sites is 1. The van der Waals surface area contributed by atoms with Crippen LogP contribution in [0.15, 0.2) is 48.5 Å². The molecule has 1 fully saturated rings. The number of carbonyl (C=O) groups excluding carboxylic acids is 2. The minimum Gasteiger partial charge on any atom is -0.339 e. The van der Waals surface area contributed by atoms with Crippen LogP contribution in [0, 0.1) is 18.7 Å². The SMILES string of the molecule is CCN(C(=O)C1CCN(C(=O)c2ccccc2F)CC1)c1ccccc1C. The molecule has 0 aromatic heterocycles. The topological polar surface area (TPSA) is 40.6 Å². The molecule has 1 heterocycles. The molecule has 0 radical (unpaired) electrons. The van der Waals surface area contributed by atoms with Gasteiger partial charge in [-0.05, 0) is 50.5 Å². The standard InChI is InChI=1S/C22H25FN2O2/c1-3-25(20-11-7-4-8-16(20)2)21(26)17-12-14-24(15-13-17)22(27)18-9-5-6-10-19(18)23/h4-11,17H,3,12-15H2,1-2H3. The second-order valence-corrected chi connectivity index (χ2v) is 6.92. The van der Waals surface area contributed by atoms with Gasteiger partial charge in [-0.15, -0.1) is 0 Å². The van der Waals surface area contributed by atoms with Crippen molar-refractivity contribution < 1.29 is 14.0 Å². The van der Waals surface area contributed by atoms with Gasteiger partial charge in [0.15, 0.2) is 0 Å². The molecule has 0 atom stereocenters. The van der Waals surface area contributed by atoms with Crippen molar-refractivity contribution in [2.75, 3.05) is 24.5 Å². The van der Waals surface area contributed by atoms with Gasteiger partial charge in [0, 0.05) is 31.2 Å². The van der Waals surface area contributed by atoms with E-state index in [0.717, 1.165) is 11.3 Å². The van der Waals surface area contributed by atoms with Gasteiger partial charge in [0.25, 0.3) is 5.91 Å². The zero-order valence-corrected chi connectivity index (χ0v) is 15.8. The quantitative estimate of drug-likeness (QED) is 0.817. The van der Waals surface area contributed by atoms with Gasteiger partial charge in [0.05, 0.1) is 5.56 Å². The summed E-state index contributed by atoms with van der Waals surface area (Å²) in [5.74, 6) is -0.818. The molecule has 1 aliphatic heterocycles. The Bertz CT molecular complexity index is 829. The van der Waals surface area contributed by atoms with Crippen LogP contribution in [0.2, 0.25) is 0 Å². The zero-order chi connectivity index (χ0) is 19.4. The average Bonchev–Trinajstić information content (AvgIpc) is 2.70. The van der Waals surface area contributed by atoms with Crippen LogP contribution in [0.5, 0.6) is 0 Å². The van der Waals surface area contributed by atoms with Crippen molar-refractivity contribution in [2.24, 2.45) is 5.92 Å². The maximum atomic E-state index is 13.9. The van der Waals surface area contributed by atoms with Gasteiger partial charge in [-0.25, -0.2) is 4.39 Å². The predicted octanol–water partition coefficient (Wildman–Crippen LogP) is 4.04. The van der Waals surface area contributed by atoms with Crippen molar-refractivity contribution >= 4 is 17.5 Å². The van der Waals surface area contributed by atoms with E-state index in [9.17, 15) is 14.0 Å². The van der Waals surface area contributed by atoms with Crippen LogP contribution in [0.3, 0.4) is 0 Å². The monoisotopic (exact) mass is 368 g/mol. The number of benzene rings is 2. The molecule has 1 saturated heterocycles. The molecule has 4 nitrogen and oxygen atoms in total. The third-order valence-corrected chi connectivity index (χ3v) is 5.22. The minimum atomic E-state index is -0.502. The lowest BCUT2D eigenvalue weighted by molar-refractivity contribution is -0.123. The Morgan fingerprint density at radius 1 is 1.07 bits per heavy atom. The van der Waals surface area contributed by atoms with Crippen LogP contribution in [-0.2, 0) is 4.79 Å². The number of halogens is 1. The number of hydrogen-bond donors (Lipinski definition) is 0. The van der Waals surface area contributed by atoms with Gasteiger partial charge in [-0.3, -0.25) is 9.59 Å². The highest BCUT2D eigenvalue weighted by atomic mass is 19.1. The largest absolute Gasteiger partial charge is 0.339 e. The van der Waals surface area contributed by atoms with Gasteiger partial charge >= 0.3 is 0 Å². The van der Waals surface area contributed by atoms with Crippen LogP contribution in [0.1, 0.15) is 35.7 Å². The highest BCUT2D eigenvalue weighted by molar-refractivity contribution is 5.97. The molecule has 2 amide bonds. The summed E-state index contributed by atoms with van der Waals surface area (Å²) in [4.78, 5) is 29.1. The van der Waals surface area contributed by atoms with Gasteiger partial charge in [-0.2, -0.15) is 0 Å². The summed E-state index contributed by atoms with van der Waals surface area (Å²) >= 11 is 0. The molecular weight excluding hydrogens is 343 g/mol. The lowest BCUT2D eigenvalue weighted by Crippen LogP contribution is -2.44. The fourth-order valence-corrected chi connectivity index (χ4v) is 3.67. The summed E-state index contributed by atoms with van der Waals surface area (Å²) in [5, 5.41) is 0. The predicted molar refractivity (Wildman–Crippen MR) is 104 cm³/mol.